The molecule has 2 heterocycles. The van der Waals surface area contributed by atoms with E-state index in [2.05, 4.69) is 36.4 Å². The molecule has 0 amide bonds. The number of hydrogen-bond acceptors (Lipinski definition) is 6. The summed E-state index contributed by atoms with van der Waals surface area (Å²) in [5.74, 6) is -1.27. The van der Waals surface area contributed by atoms with Gasteiger partial charge in [-0.3, -0.25) is 0 Å². The molecule has 6 nitrogen and oxygen atoms in total. The van der Waals surface area contributed by atoms with Gasteiger partial charge >= 0.3 is 5.97 Å². The summed E-state index contributed by atoms with van der Waals surface area (Å²) in [5.41, 5.74) is 2.68. The maximum atomic E-state index is 12.5. The Hall–Kier alpha value is -3.29. The molecule has 0 radical (unpaired) electrons. The number of fused-ring (bicyclic) bond motifs is 1. The predicted octanol–water partition coefficient (Wildman–Crippen LogP) is 5.36. The van der Waals surface area contributed by atoms with Gasteiger partial charge in [-0.1, -0.05) is 91.0 Å². The Bertz CT molecular complexity index is 1130. The van der Waals surface area contributed by atoms with Crippen molar-refractivity contribution >= 4 is 5.97 Å². The summed E-state index contributed by atoms with van der Waals surface area (Å²) in [6.07, 6.45) is -0.259. The third-order valence-electron chi connectivity index (χ3n) is 6.62. The van der Waals surface area contributed by atoms with Gasteiger partial charge < -0.3 is 23.7 Å². The van der Waals surface area contributed by atoms with Gasteiger partial charge in [-0.15, -0.1) is 0 Å². The second kappa shape index (κ2) is 10.6. The second-order valence-electron chi connectivity index (χ2n) is 9.54. The standard InChI is InChI=1S/C31H32O6/c1-4-33-27(32)20-25-26(35-29-28(25)36-30(2,3)37-29)21-34-31(22-14-8-5-9-15-22,23-16-10-6-11-17-23)24-18-12-7-13-19-24/h5-20,26,28-29H,4,21H2,1-3H3/b25-20-/t26-,28-,29-/m1/s1. The third kappa shape index (κ3) is 5.11. The molecule has 2 aliphatic heterocycles. The summed E-state index contributed by atoms with van der Waals surface area (Å²) in [6, 6.07) is 30.4. The number of esters is 1. The number of benzene rings is 3. The quantitative estimate of drug-likeness (QED) is 0.236. The van der Waals surface area contributed by atoms with Gasteiger partial charge in [0.2, 0.25) is 0 Å². The Kier molecular flexibility index (Phi) is 7.26. The Morgan fingerprint density at radius 3 is 1.86 bits per heavy atom. The van der Waals surface area contributed by atoms with Gasteiger partial charge in [0.05, 0.1) is 13.2 Å². The van der Waals surface area contributed by atoms with E-state index in [1.807, 2.05) is 68.4 Å². The molecule has 2 saturated heterocycles. The van der Waals surface area contributed by atoms with Crippen LogP contribution in [-0.4, -0.2) is 43.5 Å². The van der Waals surface area contributed by atoms with Gasteiger partial charge in [0.15, 0.2) is 12.1 Å². The van der Waals surface area contributed by atoms with Crippen LogP contribution < -0.4 is 0 Å². The van der Waals surface area contributed by atoms with Crippen LogP contribution in [0.1, 0.15) is 37.5 Å². The molecule has 2 aliphatic rings. The number of rotatable bonds is 8. The maximum absolute atomic E-state index is 12.5. The lowest BCUT2D eigenvalue weighted by molar-refractivity contribution is -0.206. The highest BCUT2D eigenvalue weighted by molar-refractivity contribution is 5.83. The molecule has 3 aromatic carbocycles. The topological polar surface area (TPSA) is 63.2 Å². The lowest BCUT2D eigenvalue weighted by Crippen LogP contribution is -2.37. The lowest BCUT2D eigenvalue weighted by atomic mass is 9.80. The number of carbonyl (C=O) groups excluding carboxylic acids is 1. The van der Waals surface area contributed by atoms with Gasteiger partial charge in [0.1, 0.15) is 17.8 Å². The van der Waals surface area contributed by atoms with Crippen molar-refractivity contribution in [3.05, 3.63) is 119 Å². The minimum atomic E-state index is -0.916. The fraction of sp³-hybridized carbons (Fsp3) is 0.323. The highest BCUT2D eigenvalue weighted by atomic mass is 16.8. The van der Waals surface area contributed by atoms with Crippen molar-refractivity contribution in [1.82, 2.24) is 0 Å². The van der Waals surface area contributed by atoms with Crippen LogP contribution in [0, 0.1) is 0 Å². The van der Waals surface area contributed by atoms with Crippen molar-refractivity contribution in [2.45, 2.75) is 50.7 Å². The first kappa shape index (κ1) is 25.4. The number of carbonyl (C=O) groups is 1. The van der Waals surface area contributed by atoms with Crippen molar-refractivity contribution in [3.8, 4) is 0 Å². The van der Waals surface area contributed by atoms with Crippen LogP contribution >= 0.6 is 0 Å². The minimum absolute atomic E-state index is 0.157. The normalized spacial score (nSPS) is 23.6. The number of hydrogen-bond donors (Lipinski definition) is 0. The molecule has 0 saturated carbocycles. The molecular formula is C31H32O6. The molecule has 0 bridgehead atoms. The van der Waals surface area contributed by atoms with Gasteiger partial charge in [0.25, 0.3) is 0 Å². The molecule has 37 heavy (non-hydrogen) atoms. The molecular weight excluding hydrogens is 468 g/mol. The smallest absolute Gasteiger partial charge is 0.330 e. The summed E-state index contributed by atoms with van der Waals surface area (Å²) in [5, 5.41) is 0. The third-order valence-corrected chi connectivity index (χ3v) is 6.62. The summed E-state index contributed by atoms with van der Waals surface area (Å²) < 4.78 is 30.5. The van der Waals surface area contributed by atoms with Crippen molar-refractivity contribution in [2.75, 3.05) is 13.2 Å². The molecule has 0 aliphatic carbocycles. The zero-order valence-electron chi connectivity index (χ0n) is 21.3. The van der Waals surface area contributed by atoms with Crippen molar-refractivity contribution < 1.29 is 28.5 Å². The van der Waals surface area contributed by atoms with E-state index in [-0.39, 0.29) is 13.2 Å². The van der Waals surface area contributed by atoms with Crippen LogP contribution in [0.2, 0.25) is 0 Å². The Morgan fingerprint density at radius 2 is 1.38 bits per heavy atom. The zero-order valence-corrected chi connectivity index (χ0v) is 21.3. The molecule has 6 heteroatoms. The van der Waals surface area contributed by atoms with Crippen LogP contribution in [0.3, 0.4) is 0 Å². The van der Waals surface area contributed by atoms with E-state index in [0.717, 1.165) is 16.7 Å². The average Bonchev–Trinajstić information content (AvgIpc) is 3.38. The fourth-order valence-corrected chi connectivity index (χ4v) is 5.08. The predicted molar refractivity (Wildman–Crippen MR) is 139 cm³/mol. The van der Waals surface area contributed by atoms with E-state index >= 15 is 0 Å². The monoisotopic (exact) mass is 500 g/mol. The van der Waals surface area contributed by atoms with Gasteiger partial charge in [0, 0.05) is 11.6 Å². The molecule has 0 aromatic heterocycles. The summed E-state index contributed by atoms with van der Waals surface area (Å²) in [7, 11) is 0. The molecule has 0 N–H and O–H groups in total. The van der Waals surface area contributed by atoms with Gasteiger partial charge in [-0.25, -0.2) is 4.79 Å². The van der Waals surface area contributed by atoms with Gasteiger partial charge in [-0.05, 0) is 37.5 Å². The Morgan fingerprint density at radius 1 is 0.865 bits per heavy atom. The molecule has 0 spiro atoms. The van der Waals surface area contributed by atoms with Gasteiger partial charge in [-0.2, -0.15) is 0 Å². The maximum Gasteiger partial charge on any atom is 0.330 e. The zero-order chi connectivity index (χ0) is 25.9. The molecule has 3 aromatic rings. The average molecular weight is 501 g/mol. The first-order valence-electron chi connectivity index (χ1n) is 12.6. The molecule has 2 fully saturated rings. The van der Waals surface area contributed by atoms with Crippen molar-refractivity contribution in [1.29, 1.82) is 0 Å². The van der Waals surface area contributed by atoms with Crippen LogP contribution in [0.25, 0.3) is 0 Å². The van der Waals surface area contributed by atoms with Crippen LogP contribution in [0.5, 0.6) is 0 Å². The van der Waals surface area contributed by atoms with E-state index in [0.29, 0.717) is 5.57 Å². The van der Waals surface area contributed by atoms with E-state index < -0.39 is 35.9 Å². The SMILES string of the molecule is CCOC(=O)/C=C1\[C@H]2OC(C)(C)O[C@H]2O[C@@H]1COC(c1ccccc1)(c1ccccc1)c1ccccc1. The minimum Gasteiger partial charge on any atom is -0.463 e. The van der Waals surface area contributed by atoms with Crippen molar-refractivity contribution in [3.63, 3.8) is 0 Å². The molecule has 5 rings (SSSR count). The summed E-state index contributed by atoms with van der Waals surface area (Å²) in [6.45, 7) is 5.86. The fourth-order valence-electron chi connectivity index (χ4n) is 5.08. The largest absolute Gasteiger partial charge is 0.463 e. The number of ether oxygens (including phenoxy) is 5. The molecule has 0 unspecified atom stereocenters. The molecule has 3 atom stereocenters. The van der Waals surface area contributed by atoms with Crippen LogP contribution in [-0.2, 0) is 34.1 Å². The van der Waals surface area contributed by atoms with E-state index in [1.165, 1.54) is 6.08 Å². The molecule has 192 valence electrons. The van der Waals surface area contributed by atoms with E-state index in [1.54, 1.807) is 6.92 Å². The highest BCUT2D eigenvalue weighted by Gasteiger charge is 2.52. The van der Waals surface area contributed by atoms with Crippen LogP contribution in [0.4, 0.5) is 0 Å². The first-order chi connectivity index (χ1) is 17.9. The summed E-state index contributed by atoms with van der Waals surface area (Å²) >= 11 is 0. The lowest BCUT2D eigenvalue weighted by Gasteiger charge is -2.37. The highest BCUT2D eigenvalue weighted by Crippen LogP contribution is 2.44. The summed E-state index contributed by atoms with van der Waals surface area (Å²) in [4.78, 5) is 12.5. The Labute approximate surface area is 217 Å². The first-order valence-corrected chi connectivity index (χ1v) is 12.6. The van der Waals surface area contributed by atoms with E-state index in [9.17, 15) is 4.79 Å². The Balaban J connectivity index is 1.55. The van der Waals surface area contributed by atoms with Crippen LogP contribution in [0.15, 0.2) is 103 Å². The van der Waals surface area contributed by atoms with Crippen molar-refractivity contribution in [2.24, 2.45) is 0 Å². The van der Waals surface area contributed by atoms with E-state index in [4.69, 9.17) is 23.7 Å². The second-order valence-corrected chi connectivity index (χ2v) is 9.54.